The molecule has 0 bridgehead atoms. The van der Waals surface area contributed by atoms with Crippen molar-refractivity contribution in [1.29, 1.82) is 0 Å². The minimum atomic E-state index is 0.222. The molecule has 0 atom stereocenters. The Kier molecular flexibility index (Phi) is 10.8. The van der Waals surface area contributed by atoms with Crippen LogP contribution in [-0.2, 0) is 11.3 Å². The van der Waals surface area contributed by atoms with Crippen molar-refractivity contribution in [2.75, 3.05) is 26.4 Å². The van der Waals surface area contributed by atoms with Crippen LogP contribution in [0.25, 0.3) is 0 Å². The highest BCUT2D eigenvalue weighted by atomic mass is 16.5. The van der Waals surface area contributed by atoms with Crippen LogP contribution >= 0.6 is 0 Å². The molecular weight excluding hydrogens is 268 g/mol. The lowest BCUT2D eigenvalue weighted by Crippen LogP contribution is -1.99. The predicted octanol–water partition coefficient (Wildman–Crippen LogP) is 2.91. The largest absolute Gasteiger partial charge is 0.494 e. The number of unbranched alkanes of at least 4 members (excludes halogenated alkanes) is 4. The summed E-state index contributed by atoms with van der Waals surface area (Å²) in [6, 6.07) is 7.96. The van der Waals surface area contributed by atoms with E-state index < -0.39 is 0 Å². The summed E-state index contributed by atoms with van der Waals surface area (Å²) in [6.07, 6.45) is 5.77. The number of ether oxygens (including phenoxy) is 2. The monoisotopic (exact) mass is 296 g/mol. The minimum Gasteiger partial charge on any atom is -0.494 e. The van der Waals surface area contributed by atoms with Gasteiger partial charge in [-0.2, -0.15) is 0 Å². The first-order chi connectivity index (χ1) is 10.4. The Morgan fingerprint density at radius 2 is 1.33 bits per heavy atom. The Balaban J connectivity index is 2.07. The molecule has 0 aliphatic rings. The van der Waals surface area contributed by atoms with Crippen LogP contribution in [-0.4, -0.2) is 36.6 Å². The van der Waals surface area contributed by atoms with Crippen LogP contribution in [0.5, 0.6) is 5.75 Å². The Morgan fingerprint density at radius 1 is 0.714 bits per heavy atom. The first kappa shape index (κ1) is 18.0. The fraction of sp³-hybridized carbons (Fsp3) is 0.647. The highest BCUT2D eigenvalue weighted by molar-refractivity contribution is 5.26. The second-order valence-corrected chi connectivity index (χ2v) is 5.11. The molecule has 4 heteroatoms. The lowest BCUT2D eigenvalue weighted by Gasteiger charge is -2.07. The van der Waals surface area contributed by atoms with Gasteiger partial charge in [0.1, 0.15) is 5.75 Å². The van der Waals surface area contributed by atoms with E-state index in [1.807, 2.05) is 24.3 Å². The number of aliphatic hydroxyl groups excluding tert-OH is 2. The zero-order chi connectivity index (χ0) is 15.2. The van der Waals surface area contributed by atoms with E-state index >= 15 is 0 Å². The molecule has 0 radical (unpaired) electrons. The second kappa shape index (κ2) is 12.6. The Labute approximate surface area is 127 Å². The third kappa shape index (κ3) is 9.45. The van der Waals surface area contributed by atoms with Crippen molar-refractivity contribution in [2.24, 2.45) is 0 Å². The highest BCUT2D eigenvalue weighted by Crippen LogP contribution is 2.13. The molecule has 2 N–H and O–H groups in total. The van der Waals surface area contributed by atoms with E-state index in [2.05, 4.69) is 0 Å². The Morgan fingerprint density at radius 3 is 2.05 bits per heavy atom. The molecule has 4 nitrogen and oxygen atoms in total. The summed E-state index contributed by atoms with van der Waals surface area (Å²) in [5, 5.41) is 17.4. The number of aliphatic hydroxyl groups is 2. The third-order valence-corrected chi connectivity index (χ3v) is 3.21. The fourth-order valence-electron chi connectivity index (χ4n) is 1.95. The molecule has 1 aromatic carbocycles. The maximum Gasteiger partial charge on any atom is 0.119 e. The standard InChI is InChI=1S/C17H28O4/c18-11-3-1-2-5-13-20-15-16-7-9-17(10-8-16)21-14-6-4-12-19/h7-10,18-19H,1-6,11-15H2. The molecule has 1 aromatic rings. The van der Waals surface area contributed by atoms with E-state index in [4.69, 9.17) is 19.7 Å². The van der Waals surface area contributed by atoms with Gasteiger partial charge in [0.05, 0.1) is 13.2 Å². The number of hydrogen-bond donors (Lipinski definition) is 2. The quantitative estimate of drug-likeness (QED) is 0.550. The molecule has 0 spiro atoms. The van der Waals surface area contributed by atoms with E-state index in [1.165, 1.54) is 0 Å². The Hall–Kier alpha value is -1.10. The van der Waals surface area contributed by atoms with E-state index in [0.717, 1.165) is 56.4 Å². The van der Waals surface area contributed by atoms with Gasteiger partial charge >= 0.3 is 0 Å². The molecule has 0 aromatic heterocycles. The van der Waals surface area contributed by atoms with Crippen molar-refractivity contribution in [3.05, 3.63) is 29.8 Å². The van der Waals surface area contributed by atoms with Crippen LogP contribution in [0.2, 0.25) is 0 Å². The van der Waals surface area contributed by atoms with Crippen LogP contribution in [0.1, 0.15) is 44.1 Å². The molecule has 120 valence electrons. The zero-order valence-electron chi connectivity index (χ0n) is 12.8. The molecule has 1 rings (SSSR count). The van der Waals surface area contributed by atoms with Crippen LogP contribution in [0, 0.1) is 0 Å². The molecule has 0 amide bonds. The topological polar surface area (TPSA) is 58.9 Å². The van der Waals surface area contributed by atoms with Crippen molar-refractivity contribution in [1.82, 2.24) is 0 Å². The predicted molar refractivity (Wildman–Crippen MR) is 83.5 cm³/mol. The number of benzene rings is 1. The summed E-state index contributed by atoms with van der Waals surface area (Å²) < 4.78 is 11.2. The van der Waals surface area contributed by atoms with Gasteiger partial charge in [-0.3, -0.25) is 0 Å². The van der Waals surface area contributed by atoms with Crippen molar-refractivity contribution in [2.45, 2.75) is 45.1 Å². The van der Waals surface area contributed by atoms with E-state index in [0.29, 0.717) is 13.2 Å². The molecular formula is C17H28O4. The SMILES string of the molecule is OCCCCCCOCc1ccc(OCCCCO)cc1. The van der Waals surface area contributed by atoms with E-state index in [9.17, 15) is 0 Å². The molecule has 0 fully saturated rings. The van der Waals surface area contributed by atoms with Gasteiger partial charge in [0.2, 0.25) is 0 Å². The second-order valence-electron chi connectivity index (χ2n) is 5.11. The molecule has 21 heavy (non-hydrogen) atoms. The number of hydrogen-bond acceptors (Lipinski definition) is 4. The summed E-state index contributed by atoms with van der Waals surface area (Å²) in [4.78, 5) is 0. The van der Waals surface area contributed by atoms with Crippen molar-refractivity contribution in [3.63, 3.8) is 0 Å². The van der Waals surface area contributed by atoms with Crippen molar-refractivity contribution < 1.29 is 19.7 Å². The minimum absolute atomic E-state index is 0.222. The Bertz CT molecular complexity index is 337. The van der Waals surface area contributed by atoms with Gasteiger partial charge < -0.3 is 19.7 Å². The summed E-state index contributed by atoms with van der Waals surface area (Å²) in [5.41, 5.74) is 1.15. The van der Waals surface area contributed by atoms with Crippen LogP contribution < -0.4 is 4.74 Å². The van der Waals surface area contributed by atoms with Gasteiger partial charge in [-0.05, 0) is 43.4 Å². The van der Waals surface area contributed by atoms with Gasteiger partial charge in [-0.1, -0.05) is 25.0 Å². The van der Waals surface area contributed by atoms with Gasteiger partial charge in [0.25, 0.3) is 0 Å². The van der Waals surface area contributed by atoms with Crippen LogP contribution in [0.4, 0.5) is 0 Å². The molecule has 0 saturated heterocycles. The highest BCUT2D eigenvalue weighted by Gasteiger charge is 1.97. The summed E-state index contributed by atoms with van der Waals surface area (Å²) in [6.45, 7) is 2.55. The summed E-state index contributed by atoms with van der Waals surface area (Å²) in [7, 11) is 0. The zero-order valence-corrected chi connectivity index (χ0v) is 12.8. The maximum atomic E-state index is 8.68. The third-order valence-electron chi connectivity index (χ3n) is 3.21. The molecule has 0 aliphatic heterocycles. The van der Waals surface area contributed by atoms with Crippen LogP contribution in [0.3, 0.4) is 0 Å². The molecule has 0 saturated carbocycles. The lowest BCUT2D eigenvalue weighted by molar-refractivity contribution is 0.116. The summed E-state index contributed by atoms with van der Waals surface area (Å²) in [5.74, 6) is 0.862. The first-order valence-electron chi connectivity index (χ1n) is 7.88. The molecule has 0 heterocycles. The van der Waals surface area contributed by atoms with E-state index in [1.54, 1.807) is 0 Å². The average Bonchev–Trinajstić information content (AvgIpc) is 2.52. The maximum absolute atomic E-state index is 8.68. The summed E-state index contributed by atoms with van der Waals surface area (Å²) >= 11 is 0. The average molecular weight is 296 g/mol. The van der Waals surface area contributed by atoms with E-state index in [-0.39, 0.29) is 13.2 Å². The van der Waals surface area contributed by atoms with Gasteiger partial charge in [0, 0.05) is 19.8 Å². The van der Waals surface area contributed by atoms with Gasteiger partial charge in [-0.15, -0.1) is 0 Å². The van der Waals surface area contributed by atoms with Gasteiger partial charge in [0.15, 0.2) is 0 Å². The lowest BCUT2D eigenvalue weighted by atomic mass is 10.2. The fourth-order valence-corrected chi connectivity index (χ4v) is 1.95. The van der Waals surface area contributed by atoms with Crippen molar-refractivity contribution in [3.8, 4) is 5.75 Å². The van der Waals surface area contributed by atoms with Crippen molar-refractivity contribution >= 4 is 0 Å². The molecule has 0 aliphatic carbocycles. The smallest absolute Gasteiger partial charge is 0.119 e. The first-order valence-corrected chi connectivity index (χ1v) is 7.88. The van der Waals surface area contributed by atoms with Gasteiger partial charge in [-0.25, -0.2) is 0 Å². The number of rotatable bonds is 13. The van der Waals surface area contributed by atoms with Crippen LogP contribution in [0.15, 0.2) is 24.3 Å². The normalized spacial score (nSPS) is 10.8. The molecule has 0 unspecified atom stereocenters.